The third-order valence-electron chi connectivity index (χ3n) is 5.79. The van der Waals surface area contributed by atoms with E-state index in [1.165, 1.54) is 27.8 Å². The molecule has 0 saturated carbocycles. The van der Waals surface area contributed by atoms with Crippen LogP contribution < -0.4 is 4.74 Å². The summed E-state index contributed by atoms with van der Waals surface area (Å²) in [5.41, 5.74) is 6.86. The first-order valence-electron chi connectivity index (χ1n) is 10.5. The summed E-state index contributed by atoms with van der Waals surface area (Å²) in [6.45, 7) is 8.63. The molecule has 0 radical (unpaired) electrons. The summed E-state index contributed by atoms with van der Waals surface area (Å²) in [6, 6.07) is 26.1. The smallest absolute Gasteiger partial charge is 0.127 e. The van der Waals surface area contributed by atoms with Crippen LogP contribution in [0.5, 0.6) is 5.75 Å². The lowest BCUT2D eigenvalue weighted by Crippen LogP contribution is -2.32. The highest BCUT2D eigenvalue weighted by molar-refractivity contribution is 5.67. The minimum atomic E-state index is -0.456. The van der Waals surface area contributed by atoms with Gasteiger partial charge in [0.15, 0.2) is 0 Å². The van der Waals surface area contributed by atoms with Gasteiger partial charge in [-0.3, -0.25) is 0 Å². The second kappa shape index (κ2) is 8.59. The van der Waals surface area contributed by atoms with E-state index in [9.17, 15) is 0 Å². The van der Waals surface area contributed by atoms with E-state index in [1.807, 2.05) is 6.08 Å². The fourth-order valence-corrected chi connectivity index (χ4v) is 4.65. The maximum absolute atomic E-state index is 6.31. The average Bonchev–Trinajstić information content (AvgIpc) is 3.30. The van der Waals surface area contributed by atoms with Crippen molar-refractivity contribution >= 4 is 0 Å². The van der Waals surface area contributed by atoms with E-state index in [0.29, 0.717) is 6.61 Å². The molecule has 1 heteroatoms. The van der Waals surface area contributed by atoms with E-state index >= 15 is 0 Å². The Labute approximate surface area is 180 Å². The van der Waals surface area contributed by atoms with E-state index < -0.39 is 5.41 Å². The van der Waals surface area contributed by atoms with Crippen LogP contribution in [0.4, 0.5) is 0 Å². The number of hydrogen-bond donors (Lipinski definition) is 0. The van der Waals surface area contributed by atoms with E-state index in [2.05, 4.69) is 111 Å². The maximum atomic E-state index is 6.31. The van der Waals surface area contributed by atoms with Crippen molar-refractivity contribution in [3.8, 4) is 5.75 Å². The van der Waals surface area contributed by atoms with Gasteiger partial charge in [0.05, 0.1) is 5.41 Å². The Morgan fingerprint density at radius 1 is 0.933 bits per heavy atom. The molecule has 0 fully saturated rings. The highest BCUT2D eigenvalue weighted by atomic mass is 16.5. The standard InChI is InChI=1S/C29H28O/c1-4-19-30-28-23(3)20-22(2)21-27(28)29(26-17-11-12-18-26,24-13-7-5-8-14-24)25-15-9-6-10-16-25/h4-11,13-18,20-21H,1,12,19H2,2-3H3. The van der Waals surface area contributed by atoms with Crippen molar-refractivity contribution in [2.75, 3.05) is 6.61 Å². The van der Waals surface area contributed by atoms with Gasteiger partial charge in [-0.25, -0.2) is 0 Å². The molecule has 0 heterocycles. The van der Waals surface area contributed by atoms with Crippen molar-refractivity contribution in [3.63, 3.8) is 0 Å². The SMILES string of the molecule is C=CCOc1c(C)cc(C)cc1C(C1=CCC=C1)(c1ccccc1)c1ccccc1. The molecule has 1 nitrogen and oxygen atoms in total. The molecule has 30 heavy (non-hydrogen) atoms. The van der Waals surface area contributed by atoms with Crippen LogP contribution in [0.3, 0.4) is 0 Å². The van der Waals surface area contributed by atoms with Crippen LogP contribution in [0.2, 0.25) is 0 Å². The summed E-state index contributed by atoms with van der Waals surface area (Å²) in [5, 5.41) is 0. The molecule has 1 aliphatic rings. The van der Waals surface area contributed by atoms with Crippen LogP contribution in [-0.2, 0) is 5.41 Å². The van der Waals surface area contributed by atoms with Crippen molar-refractivity contribution < 1.29 is 4.74 Å². The van der Waals surface area contributed by atoms with Crippen molar-refractivity contribution in [1.82, 2.24) is 0 Å². The van der Waals surface area contributed by atoms with Crippen molar-refractivity contribution in [3.05, 3.63) is 137 Å². The quantitative estimate of drug-likeness (QED) is 0.308. The van der Waals surface area contributed by atoms with Gasteiger partial charge in [0.25, 0.3) is 0 Å². The molecular formula is C29H28O. The van der Waals surface area contributed by atoms with E-state index in [0.717, 1.165) is 17.7 Å². The lowest BCUT2D eigenvalue weighted by molar-refractivity contribution is 0.353. The third-order valence-corrected chi connectivity index (χ3v) is 5.79. The van der Waals surface area contributed by atoms with Crippen molar-refractivity contribution in [2.24, 2.45) is 0 Å². The van der Waals surface area contributed by atoms with Gasteiger partial charge in [-0.05, 0) is 42.5 Å². The summed E-state index contributed by atoms with van der Waals surface area (Å²) in [4.78, 5) is 0. The second-order valence-electron chi connectivity index (χ2n) is 7.84. The number of hydrogen-bond acceptors (Lipinski definition) is 1. The summed E-state index contributed by atoms with van der Waals surface area (Å²) in [5.74, 6) is 0.939. The highest BCUT2D eigenvalue weighted by Crippen LogP contribution is 2.51. The van der Waals surface area contributed by atoms with Crippen LogP contribution in [0.25, 0.3) is 0 Å². The molecule has 3 aromatic carbocycles. The predicted molar refractivity (Wildman–Crippen MR) is 126 cm³/mol. The topological polar surface area (TPSA) is 9.23 Å². The number of ether oxygens (including phenoxy) is 1. The third kappa shape index (κ3) is 3.41. The Morgan fingerprint density at radius 2 is 1.57 bits per heavy atom. The first kappa shape index (κ1) is 20.0. The lowest BCUT2D eigenvalue weighted by atomic mass is 9.64. The zero-order valence-electron chi connectivity index (χ0n) is 17.8. The lowest BCUT2D eigenvalue weighted by Gasteiger charge is -2.38. The Morgan fingerprint density at radius 3 is 2.10 bits per heavy atom. The molecule has 3 aromatic rings. The van der Waals surface area contributed by atoms with E-state index in [4.69, 9.17) is 4.74 Å². The molecule has 0 spiro atoms. The molecule has 0 saturated heterocycles. The van der Waals surface area contributed by atoms with E-state index in [-0.39, 0.29) is 0 Å². The number of benzene rings is 3. The van der Waals surface area contributed by atoms with Crippen LogP contribution in [0.1, 0.15) is 34.2 Å². The van der Waals surface area contributed by atoms with E-state index in [1.54, 1.807) is 0 Å². The van der Waals surface area contributed by atoms with Gasteiger partial charge >= 0.3 is 0 Å². The molecular weight excluding hydrogens is 364 g/mol. The fraction of sp³-hybridized carbons (Fsp3) is 0.172. The monoisotopic (exact) mass is 392 g/mol. The van der Waals surface area contributed by atoms with Crippen LogP contribution in [0.15, 0.2) is 109 Å². The number of aryl methyl sites for hydroxylation is 2. The van der Waals surface area contributed by atoms with Gasteiger partial charge in [-0.2, -0.15) is 0 Å². The Hall–Kier alpha value is -3.32. The number of allylic oxidation sites excluding steroid dienone is 4. The number of rotatable bonds is 7. The molecule has 0 bridgehead atoms. The first-order valence-corrected chi connectivity index (χ1v) is 10.5. The summed E-state index contributed by atoms with van der Waals surface area (Å²) >= 11 is 0. The zero-order valence-corrected chi connectivity index (χ0v) is 17.8. The maximum Gasteiger partial charge on any atom is 0.127 e. The molecule has 150 valence electrons. The Kier molecular flexibility index (Phi) is 5.72. The molecule has 0 aliphatic heterocycles. The predicted octanol–water partition coefficient (Wildman–Crippen LogP) is 7.09. The molecule has 4 rings (SSSR count). The second-order valence-corrected chi connectivity index (χ2v) is 7.84. The average molecular weight is 393 g/mol. The first-order chi connectivity index (χ1) is 14.7. The summed E-state index contributed by atoms with van der Waals surface area (Å²) < 4.78 is 6.31. The van der Waals surface area contributed by atoms with Gasteiger partial charge in [0, 0.05) is 5.56 Å². The highest BCUT2D eigenvalue weighted by Gasteiger charge is 2.42. The Balaban J connectivity index is 2.14. The van der Waals surface area contributed by atoms with Gasteiger partial charge < -0.3 is 4.74 Å². The van der Waals surface area contributed by atoms with Gasteiger partial charge in [0.1, 0.15) is 12.4 Å². The van der Waals surface area contributed by atoms with Crippen molar-refractivity contribution in [2.45, 2.75) is 25.7 Å². The minimum Gasteiger partial charge on any atom is -0.489 e. The molecule has 0 N–H and O–H groups in total. The molecule has 0 amide bonds. The van der Waals surface area contributed by atoms with Crippen LogP contribution in [-0.4, -0.2) is 6.61 Å². The zero-order chi connectivity index (χ0) is 21.0. The fourth-order valence-electron chi connectivity index (χ4n) is 4.65. The molecule has 0 unspecified atom stereocenters. The van der Waals surface area contributed by atoms with Gasteiger partial charge in [-0.15, -0.1) is 0 Å². The minimum absolute atomic E-state index is 0.456. The summed E-state index contributed by atoms with van der Waals surface area (Å²) in [6.07, 6.45) is 9.61. The normalized spacial score (nSPS) is 13.2. The van der Waals surface area contributed by atoms with Crippen LogP contribution >= 0.6 is 0 Å². The molecule has 0 atom stereocenters. The Bertz CT molecular complexity index is 1050. The molecule has 1 aliphatic carbocycles. The van der Waals surface area contributed by atoms with Crippen molar-refractivity contribution in [1.29, 1.82) is 0 Å². The molecule has 0 aromatic heterocycles. The van der Waals surface area contributed by atoms with Crippen LogP contribution in [0, 0.1) is 13.8 Å². The largest absolute Gasteiger partial charge is 0.489 e. The summed E-state index contributed by atoms with van der Waals surface area (Å²) in [7, 11) is 0. The van der Waals surface area contributed by atoms with Gasteiger partial charge in [0.2, 0.25) is 0 Å². The van der Waals surface area contributed by atoms with Gasteiger partial charge in [-0.1, -0.05) is 109 Å².